The number of rotatable bonds is 7. The Balaban J connectivity index is 2.09. The topological polar surface area (TPSA) is 12.0 Å². The smallest absolute Gasteiger partial charge is 0.0323 e. The molecule has 1 aromatic carbocycles. The van der Waals surface area contributed by atoms with Crippen LogP contribution in [-0.2, 0) is 6.42 Å². The van der Waals surface area contributed by atoms with Crippen molar-refractivity contribution in [1.29, 1.82) is 0 Å². The van der Waals surface area contributed by atoms with E-state index in [4.69, 9.17) is 0 Å². The lowest BCUT2D eigenvalue weighted by molar-refractivity contribution is 0.477. The maximum Gasteiger partial charge on any atom is 0.0323 e. The van der Waals surface area contributed by atoms with E-state index in [2.05, 4.69) is 73.9 Å². The molecule has 0 radical (unpaired) electrons. The Kier molecular flexibility index (Phi) is 7.48. The van der Waals surface area contributed by atoms with E-state index >= 15 is 0 Å². The summed E-state index contributed by atoms with van der Waals surface area (Å²) in [6, 6.07) is 9.63. The molecule has 0 saturated carbocycles. The molecular formula is C18H29NS2. The fraction of sp³-hybridized carbons (Fsp3) is 0.667. The summed E-state index contributed by atoms with van der Waals surface area (Å²) < 4.78 is 0. The number of aryl methyl sites for hydroxylation is 1. The van der Waals surface area contributed by atoms with Crippen molar-refractivity contribution >= 4 is 23.5 Å². The van der Waals surface area contributed by atoms with Gasteiger partial charge in [0.2, 0.25) is 0 Å². The molecule has 1 aliphatic rings. The summed E-state index contributed by atoms with van der Waals surface area (Å²) in [4.78, 5) is 0. The van der Waals surface area contributed by atoms with Crippen LogP contribution in [-0.4, -0.2) is 34.6 Å². The molecule has 1 saturated heterocycles. The number of nitrogens with one attached hydrogen (secondary N) is 1. The van der Waals surface area contributed by atoms with Crippen molar-refractivity contribution in [1.82, 2.24) is 5.32 Å². The predicted molar refractivity (Wildman–Crippen MR) is 99.7 cm³/mol. The van der Waals surface area contributed by atoms with Gasteiger partial charge < -0.3 is 5.32 Å². The lowest BCUT2D eigenvalue weighted by Gasteiger charge is -2.36. The standard InChI is InChI=1S/C18H29NS2/c1-4-9-19-16(13-15-8-6-7-14(3)12-15)18-17(5-2)20-10-11-21-18/h6-8,12,16-19H,4-5,9-11,13H2,1-3H3. The summed E-state index contributed by atoms with van der Waals surface area (Å²) in [7, 11) is 0. The minimum Gasteiger partial charge on any atom is -0.313 e. The van der Waals surface area contributed by atoms with Crippen LogP contribution in [0.4, 0.5) is 0 Å². The highest BCUT2D eigenvalue weighted by atomic mass is 32.2. The quantitative estimate of drug-likeness (QED) is 0.791. The fourth-order valence-electron chi connectivity index (χ4n) is 3.04. The highest BCUT2D eigenvalue weighted by Gasteiger charge is 2.31. The maximum absolute atomic E-state index is 3.84. The molecule has 0 aliphatic carbocycles. The second-order valence-corrected chi connectivity index (χ2v) is 8.54. The number of benzene rings is 1. The monoisotopic (exact) mass is 323 g/mol. The largest absolute Gasteiger partial charge is 0.313 e. The van der Waals surface area contributed by atoms with E-state index in [1.807, 2.05) is 0 Å². The molecule has 3 heteroatoms. The van der Waals surface area contributed by atoms with E-state index in [1.165, 1.54) is 35.5 Å². The van der Waals surface area contributed by atoms with Crippen molar-refractivity contribution in [2.45, 2.75) is 56.6 Å². The van der Waals surface area contributed by atoms with Crippen molar-refractivity contribution in [2.24, 2.45) is 0 Å². The molecule has 1 aromatic rings. The average Bonchev–Trinajstić information content (AvgIpc) is 2.51. The van der Waals surface area contributed by atoms with Crippen LogP contribution in [0.2, 0.25) is 0 Å². The predicted octanol–water partition coefficient (Wildman–Crippen LogP) is 4.53. The maximum atomic E-state index is 3.84. The first-order valence-corrected chi connectivity index (χ1v) is 10.4. The summed E-state index contributed by atoms with van der Waals surface area (Å²) in [6.07, 6.45) is 3.67. The van der Waals surface area contributed by atoms with E-state index in [0.717, 1.165) is 23.5 Å². The van der Waals surface area contributed by atoms with E-state index in [-0.39, 0.29) is 0 Å². The molecule has 1 nitrogen and oxygen atoms in total. The first-order chi connectivity index (χ1) is 10.2. The van der Waals surface area contributed by atoms with Crippen molar-refractivity contribution in [3.8, 4) is 0 Å². The highest BCUT2D eigenvalue weighted by molar-refractivity contribution is 8.07. The number of hydrogen-bond acceptors (Lipinski definition) is 3. The zero-order valence-corrected chi connectivity index (χ0v) is 15.2. The van der Waals surface area contributed by atoms with Crippen LogP contribution in [0.15, 0.2) is 24.3 Å². The first-order valence-electron chi connectivity index (χ1n) is 8.26. The van der Waals surface area contributed by atoms with Crippen LogP contribution in [0.3, 0.4) is 0 Å². The Labute approximate surface area is 139 Å². The molecule has 0 bridgehead atoms. The zero-order chi connectivity index (χ0) is 15.1. The average molecular weight is 324 g/mol. The second-order valence-electron chi connectivity index (χ2n) is 5.91. The molecule has 21 heavy (non-hydrogen) atoms. The third kappa shape index (κ3) is 5.22. The molecule has 1 heterocycles. The van der Waals surface area contributed by atoms with Gasteiger partial charge in [-0.15, -0.1) is 0 Å². The molecule has 0 amide bonds. The third-order valence-corrected chi connectivity index (χ3v) is 7.49. The van der Waals surface area contributed by atoms with Crippen molar-refractivity contribution in [3.63, 3.8) is 0 Å². The molecular weight excluding hydrogens is 294 g/mol. The Morgan fingerprint density at radius 1 is 1.24 bits per heavy atom. The summed E-state index contributed by atoms with van der Waals surface area (Å²) in [5.74, 6) is 2.63. The van der Waals surface area contributed by atoms with Gasteiger partial charge in [-0.2, -0.15) is 23.5 Å². The van der Waals surface area contributed by atoms with Gasteiger partial charge in [-0.3, -0.25) is 0 Å². The van der Waals surface area contributed by atoms with Gasteiger partial charge in [0.05, 0.1) is 0 Å². The van der Waals surface area contributed by atoms with Crippen LogP contribution >= 0.6 is 23.5 Å². The summed E-state index contributed by atoms with van der Waals surface area (Å²) in [5.41, 5.74) is 2.86. The van der Waals surface area contributed by atoms with Crippen molar-refractivity contribution in [2.75, 3.05) is 18.1 Å². The summed E-state index contributed by atoms with van der Waals surface area (Å²) in [5, 5.41) is 5.40. The van der Waals surface area contributed by atoms with Gasteiger partial charge in [0.1, 0.15) is 0 Å². The van der Waals surface area contributed by atoms with Gasteiger partial charge in [-0.05, 0) is 38.3 Å². The van der Waals surface area contributed by atoms with Crippen LogP contribution < -0.4 is 5.32 Å². The first kappa shape index (κ1) is 17.2. The molecule has 0 spiro atoms. The van der Waals surface area contributed by atoms with E-state index in [0.29, 0.717) is 6.04 Å². The second kappa shape index (κ2) is 9.12. The molecule has 1 fully saturated rings. The molecule has 2 rings (SSSR count). The number of thioether (sulfide) groups is 2. The van der Waals surface area contributed by atoms with Crippen LogP contribution in [0.1, 0.15) is 37.8 Å². The minimum atomic E-state index is 0.606. The Hall–Kier alpha value is -0.120. The minimum absolute atomic E-state index is 0.606. The van der Waals surface area contributed by atoms with Gasteiger partial charge in [-0.25, -0.2) is 0 Å². The SMILES string of the molecule is CCCNC(Cc1cccc(C)c1)C1SCCSC1CC. The van der Waals surface area contributed by atoms with Crippen LogP contribution in [0.5, 0.6) is 0 Å². The third-order valence-electron chi connectivity index (χ3n) is 4.09. The van der Waals surface area contributed by atoms with Gasteiger partial charge >= 0.3 is 0 Å². The van der Waals surface area contributed by atoms with Gasteiger partial charge in [0.25, 0.3) is 0 Å². The van der Waals surface area contributed by atoms with E-state index < -0.39 is 0 Å². The highest BCUT2D eigenvalue weighted by Crippen LogP contribution is 2.36. The van der Waals surface area contributed by atoms with Gasteiger partial charge in [0.15, 0.2) is 0 Å². The molecule has 1 aliphatic heterocycles. The Morgan fingerprint density at radius 3 is 2.76 bits per heavy atom. The molecule has 3 atom stereocenters. The van der Waals surface area contributed by atoms with E-state index in [9.17, 15) is 0 Å². The van der Waals surface area contributed by atoms with Crippen LogP contribution in [0.25, 0.3) is 0 Å². The van der Waals surface area contributed by atoms with Gasteiger partial charge in [-0.1, -0.05) is 43.7 Å². The molecule has 3 unspecified atom stereocenters. The lowest BCUT2D eigenvalue weighted by atomic mass is 9.99. The normalized spacial score (nSPS) is 24.0. The Morgan fingerprint density at radius 2 is 2.05 bits per heavy atom. The van der Waals surface area contributed by atoms with Crippen LogP contribution in [0, 0.1) is 6.92 Å². The van der Waals surface area contributed by atoms with Crippen molar-refractivity contribution in [3.05, 3.63) is 35.4 Å². The molecule has 1 N–H and O–H groups in total. The summed E-state index contributed by atoms with van der Waals surface area (Å²) in [6.45, 7) is 7.93. The Bertz CT molecular complexity index is 421. The van der Waals surface area contributed by atoms with Gasteiger partial charge in [0, 0.05) is 28.0 Å². The molecule has 0 aromatic heterocycles. The summed E-state index contributed by atoms with van der Waals surface area (Å²) >= 11 is 4.38. The lowest BCUT2D eigenvalue weighted by Crippen LogP contribution is -2.46. The number of hydrogen-bond donors (Lipinski definition) is 1. The van der Waals surface area contributed by atoms with E-state index in [1.54, 1.807) is 0 Å². The van der Waals surface area contributed by atoms with Crippen molar-refractivity contribution < 1.29 is 0 Å². The fourth-order valence-corrected chi connectivity index (χ4v) is 6.30. The molecule has 118 valence electrons. The zero-order valence-electron chi connectivity index (χ0n) is 13.6.